The van der Waals surface area contributed by atoms with E-state index in [1.54, 1.807) is 21.3 Å². The highest BCUT2D eigenvalue weighted by Crippen LogP contribution is 2.44. The van der Waals surface area contributed by atoms with E-state index in [9.17, 15) is 0 Å². The molecule has 0 amide bonds. The maximum Gasteiger partial charge on any atom is 0.204 e. The highest BCUT2D eigenvalue weighted by molar-refractivity contribution is 5.92. The van der Waals surface area contributed by atoms with Crippen molar-refractivity contribution in [3.8, 4) is 22.9 Å². The predicted octanol–water partition coefficient (Wildman–Crippen LogP) is 3.24. The fourth-order valence-corrected chi connectivity index (χ4v) is 2.62. The van der Waals surface area contributed by atoms with E-state index in [1.807, 2.05) is 42.6 Å². The fourth-order valence-electron chi connectivity index (χ4n) is 2.62. The molecule has 5 nitrogen and oxygen atoms in total. The highest BCUT2D eigenvalue weighted by atomic mass is 16.5. The molecular weight excluding hydrogens is 280 g/mol. The summed E-state index contributed by atoms with van der Waals surface area (Å²) in [4.78, 5) is 0. The van der Waals surface area contributed by atoms with Crippen LogP contribution in [0, 0.1) is 0 Å². The number of aromatic nitrogens is 1. The van der Waals surface area contributed by atoms with Crippen LogP contribution in [0.25, 0.3) is 16.6 Å². The van der Waals surface area contributed by atoms with Gasteiger partial charge in [0, 0.05) is 29.0 Å². The molecule has 0 unspecified atom stereocenters. The van der Waals surface area contributed by atoms with Gasteiger partial charge >= 0.3 is 0 Å². The van der Waals surface area contributed by atoms with E-state index >= 15 is 0 Å². The van der Waals surface area contributed by atoms with Crippen molar-refractivity contribution in [1.82, 2.24) is 4.57 Å². The fraction of sp³-hybridized carbons (Fsp3) is 0.176. The van der Waals surface area contributed by atoms with Gasteiger partial charge in [0.1, 0.15) is 0 Å². The Morgan fingerprint density at radius 3 is 2.14 bits per heavy atom. The summed E-state index contributed by atoms with van der Waals surface area (Å²) < 4.78 is 18.4. The Kier molecular flexibility index (Phi) is 3.55. The first-order valence-electron chi connectivity index (χ1n) is 6.85. The SMILES string of the molecule is COc1cc2c(ccn2-c2ccc(N)cc2)c(OC)c1OC. The van der Waals surface area contributed by atoms with Crippen LogP contribution < -0.4 is 19.9 Å². The van der Waals surface area contributed by atoms with E-state index in [0.29, 0.717) is 17.2 Å². The predicted molar refractivity (Wildman–Crippen MR) is 87.3 cm³/mol. The van der Waals surface area contributed by atoms with Crippen LogP contribution in [0.1, 0.15) is 0 Å². The Labute approximate surface area is 128 Å². The average Bonchev–Trinajstić information content (AvgIpc) is 2.97. The van der Waals surface area contributed by atoms with Gasteiger partial charge in [0.25, 0.3) is 0 Å². The van der Waals surface area contributed by atoms with Gasteiger partial charge in [-0.1, -0.05) is 0 Å². The lowest BCUT2D eigenvalue weighted by Crippen LogP contribution is -1.97. The molecule has 1 aromatic heterocycles. The molecular formula is C17H18N2O3. The number of hydrogen-bond acceptors (Lipinski definition) is 4. The lowest BCUT2D eigenvalue weighted by molar-refractivity contribution is 0.327. The van der Waals surface area contributed by atoms with Crippen molar-refractivity contribution in [3.63, 3.8) is 0 Å². The first-order chi connectivity index (χ1) is 10.7. The van der Waals surface area contributed by atoms with E-state index in [4.69, 9.17) is 19.9 Å². The van der Waals surface area contributed by atoms with Crippen LogP contribution in [0.4, 0.5) is 5.69 Å². The van der Waals surface area contributed by atoms with E-state index in [-0.39, 0.29) is 0 Å². The summed E-state index contributed by atoms with van der Waals surface area (Å²) in [5.74, 6) is 1.88. The van der Waals surface area contributed by atoms with Crippen molar-refractivity contribution in [2.45, 2.75) is 0 Å². The van der Waals surface area contributed by atoms with Gasteiger partial charge in [0.15, 0.2) is 11.5 Å². The zero-order valence-corrected chi connectivity index (χ0v) is 12.8. The summed E-state index contributed by atoms with van der Waals surface area (Å²) in [5, 5.41) is 0.956. The minimum absolute atomic E-state index is 0.590. The van der Waals surface area contributed by atoms with Crippen LogP contribution in [0.5, 0.6) is 17.2 Å². The molecule has 0 aliphatic rings. The number of hydrogen-bond donors (Lipinski definition) is 1. The highest BCUT2D eigenvalue weighted by Gasteiger charge is 2.18. The summed E-state index contributed by atoms with van der Waals surface area (Å²) in [6.07, 6.45) is 1.98. The third-order valence-electron chi connectivity index (χ3n) is 3.67. The van der Waals surface area contributed by atoms with Gasteiger partial charge in [-0.15, -0.1) is 0 Å². The molecule has 0 saturated heterocycles. The molecule has 2 N–H and O–H groups in total. The van der Waals surface area contributed by atoms with Gasteiger partial charge in [0.2, 0.25) is 5.75 Å². The first-order valence-corrected chi connectivity index (χ1v) is 6.85. The van der Waals surface area contributed by atoms with Gasteiger partial charge in [-0.05, 0) is 30.3 Å². The number of anilines is 1. The van der Waals surface area contributed by atoms with Crippen molar-refractivity contribution < 1.29 is 14.2 Å². The van der Waals surface area contributed by atoms with E-state index in [0.717, 1.165) is 22.3 Å². The van der Waals surface area contributed by atoms with Gasteiger partial charge in [-0.3, -0.25) is 0 Å². The van der Waals surface area contributed by atoms with Crippen molar-refractivity contribution in [3.05, 3.63) is 42.6 Å². The molecule has 0 fully saturated rings. The van der Waals surface area contributed by atoms with Crippen LogP contribution >= 0.6 is 0 Å². The van der Waals surface area contributed by atoms with E-state index < -0.39 is 0 Å². The molecule has 0 bridgehead atoms. The minimum Gasteiger partial charge on any atom is -0.493 e. The van der Waals surface area contributed by atoms with Gasteiger partial charge in [-0.2, -0.15) is 0 Å². The van der Waals surface area contributed by atoms with Crippen LogP contribution in [0.2, 0.25) is 0 Å². The van der Waals surface area contributed by atoms with Gasteiger partial charge in [-0.25, -0.2) is 0 Å². The Hall–Kier alpha value is -2.82. The lowest BCUT2D eigenvalue weighted by atomic mass is 10.2. The van der Waals surface area contributed by atoms with Crippen molar-refractivity contribution >= 4 is 16.6 Å². The topological polar surface area (TPSA) is 58.6 Å². The lowest BCUT2D eigenvalue weighted by Gasteiger charge is -2.14. The number of benzene rings is 2. The Morgan fingerprint density at radius 2 is 1.55 bits per heavy atom. The molecule has 1 heterocycles. The van der Waals surface area contributed by atoms with E-state index in [1.165, 1.54) is 0 Å². The zero-order valence-electron chi connectivity index (χ0n) is 12.8. The molecule has 0 spiro atoms. The number of fused-ring (bicyclic) bond motifs is 1. The van der Waals surface area contributed by atoms with Crippen LogP contribution in [-0.4, -0.2) is 25.9 Å². The number of ether oxygens (including phenoxy) is 3. The van der Waals surface area contributed by atoms with Gasteiger partial charge < -0.3 is 24.5 Å². The standard InChI is InChI=1S/C17H18N2O3/c1-20-15-10-14-13(16(21-2)17(15)22-3)8-9-19(14)12-6-4-11(18)5-7-12/h4-10H,18H2,1-3H3. The van der Waals surface area contributed by atoms with Crippen LogP contribution in [0.3, 0.4) is 0 Å². The zero-order chi connectivity index (χ0) is 15.7. The average molecular weight is 298 g/mol. The number of nitrogens with zero attached hydrogens (tertiary/aromatic N) is 1. The second kappa shape index (κ2) is 5.52. The summed E-state index contributed by atoms with van der Waals surface area (Å²) in [6.45, 7) is 0. The Balaban J connectivity index is 2.28. The summed E-state index contributed by atoms with van der Waals surface area (Å²) in [7, 11) is 4.83. The summed E-state index contributed by atoms with van der Waals surface area (Å²) in [6, 6.07) is 11.6. The quantitative estimate of drug-likeness (QED) is 0.751. The molecule has 0 aliphatic heterocycles. The molecule has 3 aromatic rings. The third-order valence-corrected chi connectivity index (χ3v) is 3.67. The second-order valence-corrected chi connectivity index (χ2v) is 4.86. The maximum absolute atomic E-state index is 5.76. The first kappa shape index (κ1) is 14.1. The molecule has 22 heavy (non-hydrogen) atoms. The molecule has 3 rings (SSSR count). The third kappa shape index (κ3) is 2.11. The molecule has 0 saturated carbocycles. The molecule has 2 aromatic carbocycles. The summed E-state index contributed by atoms with van der Waals surface area (Å²) >= 11 is 0. The maximum atomic E-state index is 5.76. The van der Waals surface area contributed by atoms with E-state index in [2.05, 4.69) is 4.57 Å². The molecule has 0 atom stereocenters. The normalized spacial score (nSPS) is 10.7. The molecule has 5 heteroatoms. The van der Waals surface area contributed by atoms with Gasteiger partial charge in [0.05, 0.1) is 26.8 Å². The summed E-state index contributed by atoms with van der Waals surface area (Å²) in [5.41, 5.74) is 8.47. The monoisotopic (exact) mass is 298 g/mol. The largest absolute Gasteiger partial charge is 0.493 e. The smallest absolute Gasteiger partial charge is 0.204 e. The second-order valence-electron chi connectivity index (χ2n) is 4.86. The number of nitrogens with two attached hydrogens (primary N) is 1. The number of methoxy groups -OCH3 is 3. The van der Waals surface area contributed by atoms with Crippen molar-refractivity contribution in [2.24, 2.45) is 0 Å². The molecule has 0 aliphatic carbocycles. The van der Waals surface area contributed by atoms with Crippen LogP contribution in [0.15, 0.2) is 42.6 Å². The Morgan fingerprint density at radius 1 is 0.864 bits per heavy atom. The molecule has 114 valence electrons. The minimum atomic E-state index is 0.590. The van der Waals surface area contributed by atoms with Crippen molar-refractivity contribution in [2.75, 3.05) is 27.1 Å². The van der Waals surface area contributed by atoms with Crippen molar-refractivity contribution in [1.29, 1.82) is 0 Å². The van der Waals surface area contributed by atoms with Crippen LogP contribution in [-0.2, 0) is 0 Å². The Bertz CT molecular complexity index is 807. The molecule has 0 radical (unpaired) electrons. The number of rotatable bonds is 4. The number of nitrogen functional groups attached to an aromatic ring is 1.